The molecule has 1 atom stereocenters. The first-order valence-corrected chi connectivity index (χ1v) is 12.8. The van der Waals surface area contributed by atoms with Gasteiger partial charge in [0.2, 0.25) is 0 Å². The summed E-state index contributed by atoms with van der Waals surface area (Å²) >= 11 is 0. The van der Waals surface area contributed by atoms with Gasteiger partial charge in [-0.2, -0.15) is 0 Å². The molecule has 0 radical (unpaired) electrons. The zero-order valence-electron chi connectivity index (χ0n) is 22.5. The van der Waals surface area contributed by atoms with Crippen molar-refractivity contribution in [3.63, 3.8) is 0 Å². The van der Waals surface area contributed by atoms with Crippen molar-refractivity contribution in [2.24, 2.45) is 4.99 Å². The van der Waals surface area contributed by atoms with Gasteiger partial charge in [-0.25, -0.2) is 9.38 Å². The van der Waals surface area contributed by atoms with E-state index in [1.807, 2.05) is 0 Å². The van der Waals surface area contributed by atoms with Gasteiger partial charge in [0.1, 0.15) is 11.7 Å². The van der Waals surface area contributed by atoms with E-state index in [9.17, 15) is 14.0 Å². The number of carboxylic acid groups (broad SMARTS) is 2. The first kappa shape index (κ1) is 30.7. The Labute approximate surface area is 223 Å². The molecule has 38 heavy (non-hydrogen) atoms. The van der Waals surface area contributed by atoms with Crippen LogP contribution < -0.4 is 10.6 Å². The third kappa shape index (κ3) is 8.81. The number of nitrogens with zero attached hydrogens (tertiary/aromatic N) is 2. The Balaban J connectivity index is 0.000000437. The number of halogens is 1. The van der Waals surface area contributed by atoms with E-state index in [2.05, 4.69) is 54.5 Å². The molecule has 2 aliphatic rings. The van der Waals surface area contributed by atoms with Crippen LogP contribution in [0.15, 0.2) is 41.4 Å². The molecule has 2 aliphatic heterocycles. The number of hydrogen-bond donors (Lipinski definition) is 5. The van der Waals surface area contributed by atoms with Gasteiger partial charge in [-0.1, -0.05) is 33.3 Å². The summed E-state index contributed by atoms with van der Waals surface area (Å²) in [5.74, 6) is -0.987. The fraction of sp³-hybridized carbons (Fsp3) is 0.464. The van der Waals surface area contributed by atoms with Crippen LogP contribution in [0.5, 0.6) is 0 Å². The molecule has 0 unspecified atom stereocenters. The van der Waals surface area contributed by atoms with Gasteiger partial charge >= 0.3 is 11.9 Å². The zero-order valence-corrected chi connectivity index (χ0v) is 22.5. The smallest absolute Gasteiger partial charge is 0.303 e. The zero-order chi connectivity index (χ0) is 28.2. The number of piperazine rings is 1. The summed E-state index contributed by atoms with van der Waals surface area (Å²) in [6.45, 7) is 9.44. The highest BCUT2D eigenvalue weighted by atomic mass is 19.1. The molecule has 0 aromatic heterocycles. The molecule has 2 aromatic rings. The second-order valence-corrected chi connectivity index (χ2v) is 9.35. The number of hydrogen-bond acceptors (Lipinski definition) is 7. The van der Waals surface area contributed by atoms with Crippen molar-refractivity contribution in [1.29, 1.82) is 0 Å². The van der Waals surface area contributed by atoms with Gasteiger partial charge in [0.25, 0.3) is 0 Å². The van der Waals surface area contributed by atoms with Crippen molar-refractivity contribution in [2.75, 3.05) is 32.1 Å². The maximum Gasteiger partial charge on any atom is 0.303 e. The lowest BCUT2D eigenvalue weighted by atomic mass is 9.98. The monoisotopic (exact) mass is 530 g/mol. The summed E-state index contributed by atoms with van der Waals surface area (Å²) in [5.41, 5.74) is 4.86. The van der Waals surface area contributed by atoms with E-state index in [4.69, 9.17) is 20.3 Å². The van der Waals surface area contributed by atoms with E-state index in [0.717, 1.165) is 62.4 Å². The molecule has 5 N–H and O–H groups in total. The van der Waals surface area contributed by atoms with Crippen LogP contribution in [0.3, 0.4) is 0 Å². The molecule has 2 heterocycles. The van der Waals surface area contributed by atoms with Crippen LogP contribution in [-0.2, 0) is 9.59 Å². The summed E-state index contributed by atoms with van der Waals surface area (Å²) in [5, 5.41) is 29.8. The highest BCUT2D eigenvalue weighted by Gasteiger charge is 2.26. The van der Waals surface area contributed by atoms with E-state index in [1.165, 1.54) is 17.7 Å². The molecule has 0 bridgehead atoms. The summed E-state index contributed by atoms with van der Waals surface area (Å²) in [4.78, 5) is 26.7. The standard InChI is InChI=1S/C23H29FN4.C4H6O4.CH4O/c1-4-5-18-14-28(11-10-25-18)23-19-12-16(15(2)3)6-8-20(19)26-22-13-17(24)7-9-21(22)27-23;5-3(6)1-2-4(7)8;1-2/h6-9,12-13,15,18,25-26H,4-5,10-11,14H2,1-3H3;1-2H2,(H,5,6)(H,7,8);2H,1H3/t18-;;/m0../s1. The fourth-order valence-electron chi connectivity index (χ4n) is 4.25. The first-order chi connectivity index (χ1) is 18.2. The second-order valence-electron chi connectivity index (χ2n) is 9.35. The maximum absolute atomic E-state index is 13.9. The highest BCUT2D eigenvalue weighted by molar-refractivity contribution is 6.08. The van der Waals surface area contributed by atoms with E-state index < -0.39 is 11.9 Å². The predicted molar refractivity (Wildman–Crippen MR) is 147 cm³/mol. The number of rotatable bonds is 6. The lowest BCUT2D eigenvalue weighted by Gasteiger charge is -2.36. The quantitative estimate of drug-likeness (QED) is 0.363. The molecule has 9 nitrogen and oxygen atoms in total. The third-order valence-corrected chi connectivity index (χ3v) is 6.15. The summed E-state index contributed by atoms with van der Waals surface area (Å²) < 4.78 is 13.9. The molecular weight excluding hydrogens is 491 g/mol. The number of carbonyl (C=O) groups is 2. The van der Waals surface area contributed by atoms with Crippen LogP contribution in [0, 0.1) is 5.82 Å². The number of aliphatic imine (C=N–C) groups is 1. The lowest BCUT2D eigenvalue weighted by Crippen LogP contribution is -2.52. The number of fused-ring (bicyclic) bond motifs is 2. The Kier molecular flexibility index (Phi) is 12.2. The molecule has 0 aliphatic carbocycles. The van der Waals surface area contributed by atoms with Gasteiger partial charge in [0.05, 0.1) is 24.2 Å². The molecule has 10 heteroatoms. The Morgan fingerprint density at radius 1 is 1.08 bits per heavy atom. The van der Waals surface area contributed by atoms with Crippen LogP contribution >= 0.6 is 0 Å². The molecule has 208 valence electrons. The van der Waals surface area contributed by atoms with E-state index in [-0.39, 0.29) is 18.7 Å². The average molecular weight is 531 g/mol. The Bertz CT molecular complexity index is 1110. The van der Waals surface area contributed by atoms with Crippen molar-refractivity contribution in [3.05, 3.63) is 53.3 Å². The molecule has 1 saturated heterocycles. The van der Waals surface area contributed by atoms with Gasteiger partial charge in [0.15, 0.2) is 0 Å². The number of aliphatic carboxylic acids is 2. The number of aliphatic hydroxyl groups is 1. The van der Waals surface area contributed by atoms with Crippen molar-refractivity contribution in [1.82, 2.24) is 10.2 Å². The van der Waals surface area contributed by atoms with Crippen LogP contribution in [0.25, 0.3) is 0 Å². The Morgan fingerprint density at radius 2 is 1.76 bits per heavy atom. The third-order valence-electron chi connectivity index (χ3n) is 6.15. The summed E-state index contributed by atoms with van der Waals surface area (Å²) in [7, 11) is 1.00. The van der Waals surface area contributed by atoms with E-state index in [0.29, 0.717) is 17.6 Å². The normalized spacial score (nSPS) is 15.8. The summed E-state index contributed by atoms with van der Waals surface area (Å²) in [6, 6.07) is 11.7. The molecule has 1 fully saturated rings. The fourth-order valence-corrected chi connectivity index (χ4v) is 4.25. The average Bonchev–Trinajstić information content (AvgIpc) is 3.05. The highest BCUT2D eigenvalue weighted by Crippen LogP contribution is 2.36. The molecular formula is C28H39FN4O5. The molecule has 2 aromatic carbocycles. The van der Waals surface area contributed by atoms with Crippen molar-refractivity contribution in [2.45, 2.75) is 58.4 Å². The minimum absolute atomic E-state index is 0.254. The van der Waals surface area contributed by atoms with Gasteiger partial charge < -0.3 is 30.9 Å². The Hall–Kier alpha value is -3.50. The minimum atomic E-state index is -1.08. The maximum atomic E-state index is 13.9. The van der Waals surface area contributed by atoms with Crippen LogP contribution in [-0.4, -0.2) is 70.8 Å². The molecule has 0 amide bonds. The topological polar surface area (TPSA) is 134 Å². The largest absolute Gasteiger partial charge is 0.481 e. The van der Waals surface area contributed by atoms with E-state index >= 15 is 0 Å². The number of carboxylic acids is 2. The predicted octanol–water partition coefficient (Wildman–Crippen LogP) is 4.70. The second kappa shape index (κ2) is 15.0. The lowest BCUT2D eigenvalue weighted by molar-refractivity contribution is -0.143. The number of amidine groups is 1. The van der Waals surface area contributed by atoms with Crippen molar-refractivity contribution in [3.8, 4) is 0 Å². The van der Waals surface area contributed by atoms with Crippen LogP contribution in [0.4, 0.5) is 21.5 Å². The first-order valence-electron chi connectivity index (χ1n) is 12.8. The molecule has 0 saturated carbocycles. The number of aliphatic hydroxyl groups excluding tert-OH is 1. The van der Waals surface area contributed by atoms with Gasteiger partial charge in [-0.05, 0) is 48.2 Å². The van der Waals surface area contributed by atoms with Crippen molar-refractivity contribution >= 4 is 34.8 Å². The van der Waals surface area contributed by atoms with E-state index in [1.54, 1.807) is 6.07 Å². The Morgan fingerprint density at radius 3 is 2.37 bits per heavy atom. The molecule has 4 rings (SSSR count). The van der Waals surface area contributed by atoms with Gasteiger partial charge in [0, 0.05) is 44.0 Å². The molecule has 0 spiro atoms. The van der Waals surface area contributed by atoms with Crippen LogP contribution in [0.2, 0.25) is 0 Å². The van der Waals surface area contributed by atoms with Gasteiger partial charge in [-0.3, -0.25) is 9.59 Å². The van der Waals surface area contributed by atoms with Crippen LogP contribution in [0.1, 0.15) is 63.5 Å². The minimum Gasteiger partial charge on any atom is -0.481 e. The summed E-state index contributed by atoms with van der Waals surface area (Å²) in [6.07, 6.45) is 1.73. The number of nitrogens with one attached hydrogen (secondary N) is 2. The van der Waals surface area contributed by atoms with Crippen molar-refractivity contribution < 1.29 is 29.3 Å². The number of benzene rings is 2. The van der Waals surface area contributed by atoms with Gasteiger partial charge in [-0.15, -0.1) is 0 Å². The number of anilines is 2. The SMILES string of the molecule is CCC[C@H]1CN(C2=Nc3ccc(F)cc3Nc3ccc(C(C)C)cc32)CCN1.CO.O=C(O)CCC(=O)O.